The Hall–Kier alpha value is -2.12. The molecule has 5 heteroatoms. The Morgan fingerprint density at radius 2 is 2.24 bits per heavy atom. The third-order valence-corrected chi connectivity index (χ3v) is 2.51. The van der Waals surface area contributed by atoms with Crippen molar-refractivity contribution in [3.05, 3.63) is 53.1 Å². The van der Waals surface area contributed by atoms with Crippen LogP contribution in [0.1, 0.15) is 11.3 Å². The number of nitrogens with one attached hydrogen (secondary N) is 1. The van der Waals surface area contributed by atoms with Crippen LogP contribution in [-0.4, -0.2) is 9.97 Å². The molecule has 0 amide bonds. The molecule has 4 nitrogen and oxygen atoms in total. The molecule has 2 aromatic rings. The minimum absolute atomic E-state index is 0.526. The molecule has 1 heterocycles. The summed E-state index contributed by atoms with van der Waals surface area (Å²) in [5.41, 5.74) is 2.20. The molecule has 0 unspecified atom stereocenters. The highest BCUT2D eigenvalue weighted by Crippen LogP contribution is 2.23. The van der Waals surface area contributed by atoms with Crippen LogP contribution in [0.5, 0.6) is 0 Å². The SMILES string of the molecule is N#Cc1ccc(NCc2ccncn2)c(Cl)c1. The van der Waals surface area contributed by atoms with Crippen molar-refractivity contribution >= 4 is 17.3 Å². The Kier molecular flexibility index (Phi) is 3.53. The Bertz CT molecular complexity index is 548. The van der Waals surface area contributed by atoms with E-state index in [9.17, 15) is 0 Å². The summed E-state index contributed by atoms with van der Waals surface area (Å²) in [6.45, 7) is 0.564. The summed E-state index contributed by atoms with van der Waals surface area (Å²) in [6, 6.07) is 8.99. The van der Waals surface area contributed by atoms with E-state index in [1.807, 2.05) is 12.1 Å². The van der Waals surface area contributed by atoms with Crippen molar-refractivity contribution in [2.24, 2.45) is 0 Å². The van der Waals surface area contributed by atoms with E-state index in [0.29, 0.717) is 17.1 Å². The largest absolute Gasteiger partial charge is 0.378 e. The molecule has 0 radical (unpaired) electrons. The summed E-state index contributed by atoms with van der Waals surface area (Å²) >= 11 is 6.03. The molecular weight excluding hydrogens is 236 g/mol. The van der Waals surface area contributed by atoms with Gasteiger partial charge >= 0.3 is 0 Å². The molecule has 0 fully saturated rings. The molecule has 0 aliphatic rings. The van der Waals surface area contributed by atoms with E-state index in [0.717, 1.165) is 11.4 Å². The van der Waals surface area contributed by atoms with Crippen LogP contribution in [0, 0.1) is 11.3 Å². The molecule has 0 aliphatic carbocycles. The Morgan fingerprint density at radius 1 is 1.35 bits per heavy atom. The standard InChI is InChI=1S/C12H9ClN4/c13-11-5-9(6-14)1-2-12(11)16-7-10-3-4-15-8-17-10/h1-5,8,16H,7H2. The molecule has 0 saturated carbocycles. The van der Waals surface area contributed by atoms with Crippen molar-refractivity contribution in [1.82, 2.24) is 9.97 Å². The third-order valence-electron chi connectivity index (χ3n) is 2.20. The van der Waals surface area contributed by atoms with Gasteiger partial charge in [-0.1, -0.05) is 11.6 Å². The van der Waals surface area contributed by atoms with Crippen LogP contribution in [-0.2, 0) is 6.54 Å². The minimum Gasteiger partial charge on any atom is -0.378 e. The fourth-order valence-electron chi connectivity index (χ4n) is 1.34. The zero-order chi connectivity index (χ0) is 12.1. The van der Waals surface area contributed by atoms with Crippen molar-refractivity contribution < 1.29 is 0 Å². The predicted molar refractivity (Wildman–Crippen MR) is 65.5 cm³/mol. The number of benzene rings is 1. The predicted octanol–water partition coefficient (Wildman–Crippen LogP) is 2.61. The number of rotatable bonds is 3. The lowest BCUT2D eigenvalue weighted by atomic mass is 10.2. The monoisotopic (exact) mass is 244 g/mol. The summed E-state index contributed by atoms with van der Waals surface area (Å²) in [5, 5.41) is 12.4. The molecule has 1 aromatic heterocycles. The van der Waals surface area contributed by atoms with Crippen molar-refractivity contribution in [3.8, 4) is 6.07 Å². The summed E-state index contributed by atoms with van der Waals surface area (Å²) in [4.78, 5) is 7.93. The van der Waals surface area contributed by atoms with E-state index in [4.69, 9.17) is 16.9 Å². The van der Waals surface area contributed by atoms with Crippen molar-refractivity contribution in [2.45, 2.75) is 6.54 Å². The van der Waals surface area contributed by atoms with Crippen LogP contribution in [0.2, 0.25) is 5.02 Å². The Labute approximate surface area is 104 Å². The van der Waals surface area contributed by atoms with Crippen LogP contribution < -0.4 is 5.32 Å². The Morgan fingerprint density at radius 3 is 2.88 bits per heavy atom. The zero-order valence-electron chi connectivity index (χ0n) is 8.89. The lowest BCUT2D eigenvalue weighted by Gasteiger charge is -2.07. The summed E-state index contributed by atoms with van der Waals surface area (Å²) in [6.07, 6.45) is 3.18. The fourth-order valence-corrected chi connectivity index (χ4v) is 1.58. The van der Waals surface area contributed by atoms with Crippen molar-refractivity contribution in [2.75, 3.05) is 5.32 Å². The second-order valence-corrected chi connectivity index (χ2v) is 3.77. The molecule has 0 bridgehead atoms. The van der Waals surface area contributed by atoms with Gasteiger partial charge in [-0.3, -0.25) is 0 Å². The lowest BCUT2D eigenvalue weighted by molar-refractivity contribution is 1.01. The van der Waals surface area contributed by atoms with Gasteiger partial charge in [-0.05, 0) is 24.3 Å². The molecule has 2 rings (SSSR count). The molecule has 0 saturated heterocycles. The molecule has 84 valence electrons. The average Bonchev–Trinajstić information content (AvgIpc) is 2.38. The van der Waals surface area contributed by atoms with Crippen molar-refractivity contribution in [3.63, 3.8) is 0 Å². The second kappa shape index (κ2) is 5.28. The van der Waals surface area contributed by atoms with Gasteiger partial charge < -0.3 is 5.32 Å². The van der Waals surface area contributed by atoms with Crippen LogP contribution >= 0.6 is 11.6 Å². The number of nitriles is 1. The number of halogens is 1. The zero-order valence-corrected chi connectivity index (χ0v) is 9.65. The highest BCUT2D eigenvalue weighted by molar-refractivity contribution is 6.33. The molecule has 1 aromatic carbocycles. The van der Waals surface area contributed by atoms with Gasteiger partial charge in [-0.25, -0.2) is 9.97 Å². The molecule has 0 aliphatic heterocycles. The van der Waals surface area contributed by atoms with E-state index in [1.54, 1.807) is 24.4 Å². The Balaban J connectivity index is 2.08. The topological polar surface area (TPSA) is 61.6 Å². The fraction of sp³-hybridized carbons (Fsp3) is 0.0833. The van der Waals surface area contributed by atoms with E-state index < -0.39 is 0 Å². The number of hydrogen-bond acceptors (Lipinski definition) is 4. The smallest absolute Gasteiger partial charge is 0.115 e. The highest BCUT2D eigenvalue weighted by atomic mass is 35.5. The van der Waals surface area contributed by atoms with Gasteiger partial charge in [0.25, 0.3) is 0 Å². The van der Waals surface area contributed by atoms with Crippen LogP contribution in [0.15, 0.2) is 36.8 Å². The van der Waals surface area contributed by atoms with Gasteiger partial charge in [0, 0.05) is 6.20 Å². The molecular formula is C12H9ClN4. The second-order valence-electron chi connectivity index (χ2n) is 3.36. The maximum absolute atomic E-state index is 8.71. The number of anilines is 1. The maximum Gasteiger partial charge on any atom is 0.115 e. The number of hydrogen-bond donors (Lipinski definition) is 1. The normalized spacial score (nSPS) is 9.65. The molecule has 17 heavy (non-hydrogen) atoms. The summed E-state index contributed by atoms with van der Waals surface area (Å²) in [5.74, 6) is 0. The van der Waals surface area contributed by atoms with E-state index in [2.05, 4.69) is 15.3 Å². The molecule has 1 N–H and O–H groups in total. The van der Waals surface area contributed by atoms with Crippen LogP contribution in [0.3, 0.4) is 0 Å². The lowest BCUT2D eigenvalue weighted by Crippen LogP contribution is -2.02. The van der Waals surface area contributed by atoms with Gasteiger partial charge in [0.1, 0.15) is 6.33 Å². The van der Waals surface area contributed by atoms with Gasteiger partial charge in [0.2, 0.25) is 0 Å². The first kappa shape index (κ1) is 11.4. The van der Waals surface area contributed by atoms with Crippen LogP contribution in [0.25, 0.3) is 0 Å². The van der Waals surface area contributed by atoms with Gasteiger partial charge in [-0.2, -0.15) is 5.26 Å². The first-order valence-corrected chi connectivity index (χ1v) is 5.36. The van der Waals surface area contributed by atoms with E-state index in [1.165, 1.54) is 6.33 Å². The number of nitrogens with zero attached hydrogens (tertiary/aromatic N) is 3. The minimum atomic E-state index is 0.526. The maximum atomic E-state index is 8.71. The van der Waals surface area contributed by atoms with Crippen molar-refractivity contribution in [1.29, 1.82) is 5.26 Å². The van der Waals surface area contributed by atoms with Gasteiger partial charge in [-0.15, -0.1) is 0 Å². The summed E-state index contributed by atoms with van der Waals surface area (Å²) in [7, 11) is 0. The van der Waals surface area contributed by atoms with E-state index in [-0.39, 0.29) is 0 Å². The highest BCUT2D eigenvalue weighted by Gasteiger charge is 2.01. The van der Waals surface area contributed by atoms with Gasteiger partial charge in [0.15, 0.2) is 0 Å². The first-order chi connectivity index (χ1) is 8.29. The third kappa shape index (κ3) is 2.92. The number of aromatic nitrogens is 2. The quantitative estimate of drug-likeness (QED) is 0.902. The average molecular weight is 245 g/mol. The first-order valence-electron chi connectivity index (χ1n) is 4.98. The summed E-state index contributed by atoms with van der Waals surface area (Å²) < 4.78 is 0. The molecule has 0 atom stereocenters. The molecule has 0 spiro atoms. The van der Waals surface area contributed by atoms with Crippen LogP contribution in [0.4, 0.5) is 5.69 Å². The van der Waals surface area contributed by atoms with E-state index >= 15 is 0 Å². The van der Waals surface area contributed by atoms with Gasteiger partial charge in [0.05, 0.1) is 34.6 Å².